The van der Waals surface area contributed by atoms with E-state index >= 15 is 0 Å². The third kappa shape index (κ3) is 6.60. The van der Waals surface area contributed by atoms with Crippen LogP contribution in [-0.4, -0.2) is 26.5 Å². The highest BCUT2D eigenvalue weighted by Gasteiger charge is 2.39. The molecule has 2 aliphatic rings. The largest absolute Gasteiger partial charge is 0.460 e. The van der Waals surface area contributed by atoms with E-state index in [4.69, 9.17) is 9.02 Å². The summed E-state index contributed by atoms with van der Waals surface area (Å²) in [6.45, 7) is 5.86. The Hall–Kier alpha value is -2.29. The highest BCUT2D eigenvalue weighted by molar-refractivity contribution is 7.90. The van der Waals surface area contributed by atoms with Crippen molar-refractivity contribution in [1.29, 1.82) is 0 Å². The fourth-order valence-electron chi connectivity index (χ4n) is 3.76. The van der Waals surface area contributed by atoms with Crippen molar-refractivity contribution >= 4 is 16.1 Å². The van der Waals surface area contributed by atoms with E-state index in [1.165, 1.54) is 12.1 Å². The number of allylic oxidation sites excluding steroid dienone is 6. The van der Waals surface area contributed by atoms with Gasteiger partial charge in [-0.15, -0.1) is 0 Å². The molecule has 1 aromatic carbocycles. The van der Waals surface area contributed by atoms with Gasteiger partial charge in [0, 0.05) is 0 Å². The van der Waals surface area contributed by atoms with E-state index in [-0.39, 0.29) is 23.2 Å². The first-order valence-electron chi connectivity index (χ1n) is 10.8. The lowest BCUT2D eigenvalue weighted by molar-refractivity contribution is -0.145. The number of ether oxygens (including phenoxy) is 1. The second-order valence-electron chi connectivity index (χ2n) is 8.67. The predicted molar refractivity (Wildman–Crippen MR) is 120 cm³/mol. The summed E-state index contributed by atoms with van der Waals surface area (Å²) < 4.78 is 49.8. The first-order chi connectivity index (χ1) is 15.1. The maximum absolute atomic E-state index is 13.7. The zero-order valence-electron chi connectivity index (χ0n) is 18.6. The SMILES string of the molecule is CC(C)=CC[C@@H]1CC([C@H](Cc2cccc(F)c2)NOS(=O)(=O)C2=CC=C(C)CC2)OC1=O. The van der Waals surface area contributed by atoms with Crippen LogP contribution in [0.4, 0.5) is 4.39 Å². The number of esters is 1. The average Bonchev–Trinajstić information content (AvgIpc) is 3.10. The molecule has 0 aromatic heterocycles. The number of benzene rings is 1. The molecule has 8 heteroatoms. The molecule has 1 N–H and O–H groups in total. The Balaban J connectivity index is 1.75. The zero-order valence-corrected chi connectivity index (χ0v) is 19.5. The van der Waals surface area contributed by atoms with Crippen LogP contribution < -0.4 is 5.48 Å². The number of carbonyl (C=O) groups excluding carboxylic acids is 1. The number of rotatable bonds is 9. The number of carbonyl (C=O) groups is 1. The number of hydrogen-bond donors (Lipinski definition) is 1. The smallest absolute Gasteiger partial charge is 0.309 e. The maximum Gasteiger partial charge on any atom is 0.309 e. The molecule has 1 aliphatic carbocycles. The topological polar surface area (TPSA) is 81.7 Å². The maximum atomic E-state index is 13.7. The third-order valence-corrected chi connectivity index (χ3v) is 6.97. The standard InChI is InChI=1S/C24H30FNO5S/c1-16(2)7-10-19-15-23(30-24(19)27)22(14-18-5-4-6-20(25)13-18)26-31-32(28,29)21-11-8-17(3)9-12-21/h4-8,11,13,19,22-23,26H,9-10,12,14-15H2,1-3H3/t19-,22+,23?/m1/s1. The first kappa shape index (κ1) is 24.4. The number of nitrogens with one attached hydrogen (secondary N) is 1. The number of halogens is 1. The fraction of sp³-hybridized carbons (Fsp3) is 0.458. The minimum absolute atomic E-state index is 0.185. The number of hydroxylamine groups is 1. The van der Waals surface area contributed by atoms with Crippen molar-refractivity contribution in [2.45, 2.75) is 65.0 Å². The Morgan fingerprint density at radius 2 is 2.09 bits per heavy atom. The zero-order chi connectivity index (χ0) is 23.3. The van der Waals surface area contributed by atoms with E-state index < -0.39 is 28.1 Å². The second kappa shape index (κ2) is 10.6. The van der Waals surface area contributed by atoms with Crippen LogP contribution in [-0.2, 0) is 30.4 Å². The molecule has 1 aromatic rings. The van der Waals surface area contributed by atoms with Crippen molar-refractivity contribution in [3.8, 4) is 0 Å². The van der Waals surface area contributed by atoms with Gasteiger partial charge in [0.15, 0.2) is 0 Å². The van der Waals surface area contributed by atoms with E-state index in [1.54, 1.807) is 24.3 Å². The average molecular weight is 464 g/mol. The fourth-order valence-corrected chi connectivity index (χ4v) is 4.71. The molecular weight excluding hydrogens is 433 g/mol. The van der Waals surface area contributed by atoms with Crippen LogP contribution in [0.25, 0.3) is 0 Å². The first-order valence-corrected chi connectivity index (χ1v) is 12.2. The van der Waals surface area contributed by atoms with Gasteiger partial charge in [0.05, 0.1) is 16.9 Å². The Bertz CT molecular complexity index is 1040. The van der Waals surface area contributed by atoms with E-state index in [9.17, 15) is 17.6 Å². The number of hydrogen-bond acceptors (Lipinski definition) is 6. The van der Waals surface area contributed by atoms with Crippen LogP contribution in [0.1, 0.15) is 52.0 Å². The molecule has 3 atom stereocenters. The summed E-state index contributed by atoms with van der Waals surface area (Å²) in [5.41, 5.74) is 5.47. The Labute approximate surface area is 189 Å². The molecule has 0 saturated carbocycles. The van der Waals surface area contributed by atoms with E-state index in [1.807, 2.05) is 26.8 Å². The summed E-state index contributed by atoms with van der Waals surface area (Å²) in [4.78, 5) is 12.6. The minimum Gasteiger partial charge on any atom is -0.460 e. The van der Waals surface area contributed by atoms with Gasteiger partial charge in [-0.2, -0.15) is 18.2 Å². The molecule has 1 aliphatic heterocycles. The van der Waals surface area contributed by atoms with Crippen molar-refractivity contribution in [1.82, 2.24) is 5.48 Å². The van der Waals surface area contributed by atoms with Crippen LogP contribution in [0, 0.1) is 11.7 Å². The second-order valence-corrected chi connectivity index (χ2v) is 10.3. The summed E-state index contributed by atoms with van der Waals surface area (Å²) >= 11 is 0. The molecule has 1 heterocycles. The van der Waals surface area contributed by atoms with Gasteiger partial charge >= 0.3 is 16.1 Å². The summed E-state index contributed by atoms with van der Waals surface area (Å²) in [5, 5.41) is 0. The third-order valence-electron chi connectivity index (χ3n) is 5.67. The molecule has 6 nitrogen and oxygen atoms in total. The lowest BCUT2D eigenvalue weighted by Gasteiger charge is -2.24. The van der Waals surface area contributed by atoms with Crippen molar-refractivity contribution in [2.24, 2.45) is 5.92 Å². The van der Waals surface area contributed by atoms with Gasteiger partial charge in [-0.05, 0) is 76.6 Å². The molecule has 0 radical (unpaired) electrons. The van der Waals surface area contributed by atoms with Gasteiger partial charge in [0.2, 0.25) is 0 Å². The van der Waals surface area contributed by atoms with Crippen molar-refractivity contribution in [2.75, 3.05) is 0 Å². The van der Waals surface area contributed by atoms with Gasteiger partial charge in [-0.25, -0.2) is 4.39 Å². The summed E-state index contributed by atoms with van der Waals surface area (Å²) in [5.74, 6) is -1.02. The van der Waals surface area contributed by atoms with Crippen molar-refractivity contribution < 1.29 is 26.6 Å². The van der Waals surface area contributed by atoms with Gasteiger partial charge in [0.25, 0.3) is 0 Å². The molecular formula is C24H30FNO5S. The van der Waals surface area contributed by atoms with E-state index in [2.05, 4.69) is 5.48 Å². The quantitative estimate of drug-likeness (QED) is 0.330. The summed E-state index contributed by atoms with van der Waals surface area (Å²) in [6, 6.07) is 5.37. The highest BCUT2D eigenvalue weighted by atomic mass is 32.2. The van der Waals surface area contributed by atoms with Crippen LogP contribution >= 0.6 is 0 Å². The lowest BCUT2D eigenvalue weighted by atomic mass is 9.94. The Morgan fingerprint density at radius 3 is 2.75 bits per heavy atom. The van der Waals surface area contributed by atoms with Crippen LogP contribution in [0.3, 0.4) is 0 Å². The van der Waals surface area contributed by atoms with Crippen molar-refractivity contribution in [3.63, 3.8) is 0 Å². The van der Waals surface area contributed by atoms with Crippen molar-refractivity contribution in [3.05, 3.63) is 69.9 Å². The highest BCUT2D eigenvalue weighted by Crippen LogP contribution is 2.29. The lowest BCUT2D eigenvalue weighted by Crippen LogP contribution is -2.43. The minimum atomic E-state index is -4.00. The van der Waals surface area contributed by atoms with Gasteiger partial charge in [0.1, 0.15) is 11.9 Å². The van der Waals surface area contributed by atoms with E-state index in [0.29, 0.717) is 31.2 Å². The Morgan fingerprint density at radius 1 is 1.31 bits per heavy atom. The number of cyclic esters (lactones) is 1. The normalized spacial score (nSPS) is 22.1. The molecule has 3 rings (SSSR count). The molecule has 32 heavy (non-hydrogen) atoms. The Kier molecular flexibility index (Phi) is 8.03. The monoisotopic (exact) mass is 463 g/mol. The molecule has 0 spiro atoms. The van der Waals surface area contributed by atoms with E-state index in [0.717, 1.165) is 11.1 Å². The predicted octanol–water partition coefficient (Wildman–Crippen LogP) is 4.50. The molecule has 1 fully saturated rings. The van der Waals surface area contributed by atoms with Gasteiger partial charge in [-0.1, -0.05) is 35.4 Å². The molecule has 1 unspecified atom stereocenters. The summed E-state index contributed by atoms with van der Waals surface area (Å²) in [7, 11) is -4.00. The van der Waals surface area contributed by atoms with Gasteiger partial charge in [-0.3, -0.25) is 4.79 Å². The molecule has 1 saturated heterocycles. The summed E-state index contributed by atoms with van der Waals surface area (Å²) in [6.07, 6.45) is 6.91. The van der Waals surface area contributed by atoms with Crippen LogP contribution in [0.2, 0.25) is 0 Å². The van der Waals surface area contributed by atoms with Crippen LogP contribution in [0.15, 0.2) is 58.5 Å². The molecule has 0 bridgehead atoms. The molecule has 174 valence electrons. The van der Waals surface area contributed by atoms with Crippen LogP contribution in [0.5, 0.6) is 0 Å². The van der Waals surface area contributed by atoms with Gasteiger partial charge < -0.3 is 4.74 Å². The molecule has 0 amide bonds.